The number of hydrogen-bond donors (Lipinski definition) is 1. The first-order valence-corrected chi connectivity index (χ1v) is 10.4. The number of amides is 1. The standard InChI is InChI=1S/C22H23NO4S/c1-14-5-10-21(11-15(14)2)28(25,26)23-22(24)16(3)17-6-7-19-13-20(27-4)9-8-18(19)12-17/h5-13,16H,1-4H3,(H,23,24). The molecule has 6 heteroatoms. The monoisotopic (exact) mass is 397 g/mol. The Labute approximate surface area is 165 Å². The smallest absolute Gasteiger partial charge is 0.264 e. The minimum Gasteiger partial charge on any atom is -0.497 e. The molecule has 1 unspecified atom stereocenters. The van der Waals surface area contributed by atoms with Gasteiger partial charge in [0.25, 0.3) is 10.0 Å². The number of methoxy groups -OCH3 is 1. The van der Waals surface area contributed by atoms with E-state index in [9.17, 15) is 13.2 Å². The Morgan fingerprint density at radius 3 is 2.29 bits per heavy atom. The molecule has 0 aliphatic rings. The summed E-state index contributed by atoms with van der Waals surface area (Å²) >= 11 is 0. The quantitative estimate of drug-likeness (QED) is 0.704. The molecule has 0 spiro atoms. The Morgan fingerprint density at radius 2 is 1.61 bits per heavy atom. The number of rotatable bonds is 5. The minimum absolute atomic E-state index is 0.0850. The van der Waals surface area contributed by atoms with Crippen LogP contribution in [0.4, 0.5) is 0 Å². The molecule has 0 aromatic heterocycles. The van der Waals surface area contributed by atoms with Gasteiger partial charge in [-0.2, -0.15) is 0 Å². The van der Waals surface area contributed by atoms with Crippen LogP contribution in [-0.2, 0) is 14.8 Å². The summed E-state index contributed by atoms with van der Waals surface area (Å²) in [7, 11) is -2.31. The summed E-state index contributed by atoms with van der Waals surface area (Å²) in [4.78, 5) is 12.7. The summed E-state index contributed by atoms with van der Waals surface area (Å²) in [6.07, 6.45) is 0. The zero-order valence-electron chi connectivity index (χ0n) is 16.3. The van der Waals surface area contributed by atoms with Gasteiger partial charge in [0.05, 0.1) is 17.9 Å². The van der Waals surface area contributed by atoms with E-state index >= 15 is 0 Å². The van der Waals surface area contributed by atoms with Gasteiger partial charge in [0, 0.05) is 0 Å². The van der Waals surface area contributed by atoms with Crippen molar-refractivity contribution in [1.29, 1.82) is 0 Å². The van der Waals surface area contributed by atoms with E-state index in [4.69, 9.17) is 4.74 Å². The fourth-order valence-electron chi connectivity index (χ4n) is 2.95. The van der Waals surface area contributed by atoms with Gasteiger partial charge in [-0.3, -0.25) is 4.79 Å². The lowest BCUT2D eigenvalue weighted by molar-refractivity contribution is -0.120. The van der Waals surface area contributed by atoms with Crippen LogP contribution in [-0.4, -0.2) is 21.4 Å². The number of hydrogen-bond acceptors (Lipinski definition) is 4. The van der Waals surface area contributed by atoms with Gasteiger partial charge in [-0.25, -0.2) is 13.1 Å². The fourth-order valence-corrected chi connectivity index (χ4v) is 4.09. The molecule has 3 aromatic carbocycles. The normalized spacial score (nSPS) is 12.6. The second-order valence-corrected chi connectivity index (χ2v) is 8.59. The lowest BCUT2D eigenvalue weighted by atomic mass is 9.97. The Bertz CT molecular complexity index is 1150. The number of nitrogens with one attached hydrogen (secondary N) is 1. The van der Waals surface area contributed by atoms with Crippen LogP contribution in [0.2, 0.25) is 0 Å². The van der Waals surface area contributed by atoms with E-state index in [0.717, 1.165) is 33.2 Å². The highest BCUT2D eigenvalue weighted by atomic mass is 32.2. The van der Waals surface area contributed by atoms with Gasteiger partial charge in [-0.15, -0.1) is 0 Å². The van der Waals surface area contributed by atoms with E-state index in [0.29, 0.717) is 0 Å². The van der Waals surface area contributed by atoms with Gasteiger partial charge in [0.1, 0.15) is 5.75 Å². The zero-order valence-corrected chi connectivity index (χ0v) is 17.1. The first-order chi connectivity index (χ1) is 13.2. The molecule has 0 aliphatic heterocycles. The highest BCUT2D eigenvalue weighted by Crippen LogP contribution is 2.25. The largest absolute Gasteiger partial charge is 0.497 e. The van der Waals surface area contributed by atoms with Crippen molar-refractivity contribution in [2.45, 2.75) is 31.6 Å². The van der Waals surface area contributed by atoms with Gasteiger partial charge in [-0.05, 0) is 72.5 Å². The van der Waals surface area contributed by atoms with E-state index in [1.165, 1.54) is 6.07 Å². The van der Waals surface area contributed by atoms with Crippen LogP contribution in [0.1, 0.15) is 29.5 Å². The van der Waals surface area contributed by atoms with E-state index < -0.39 is 21.8 Å². The van der Waals surface area contributed by atoms with Crippen molar-refractivity contribution < 1.29 is 17.9 Å². The molecule has 0 saturated carbocycles. The van der Waals surface area contributed by atoms with Crippen molar-refractivity contribution in [2.75, 3.05) is 7.11 Å². The van der Waals surface area contributed by atoms with Crippen LogP contribution in [0, 0.1) is 13.8 Å². The molecule has 0 bridgehead atoms. The SMILES string of the molecule is COc1ccc2cc(C(C)C(=O)NS(=O)(=O)c3ccc(C)c(C)c3)ccc2c1. The number of ether oxygens (including phenoxy) is 1. The third-order valence-corrected chi connectivity index (χ3v) is 6.33. The predicted octanol–water partition coefficient (Wildman–Crippen LogP) is 4.07. The van der Waals surface area contributed by atoms with Gasteiger partial charge >= 0.3 is 0 Å². The summed E-state index contributed by atoms with van der Waals surface area (Å²) < 4.78 is 32.6. The third kappa shape index (κ3) is 4.02. The lowest BCUT2D eigenvalue weighted by Crippen LogP contribution is -2.33. The summed E-state index contributed by atoms with van der Waals surface area (Å²) in [5.41, 5.74) is 2.59. The van der Waals surface area contributed by atoms with E-state index in [2.05, 4.69) is 4.72 Å². The predicted molar refractivity (Wildman–Crippen MR) is 110 cm³/mol. The minimum atomic E-state index is -3.92. The van der Waals surface area contributed by atoms with E-state index in [1.54, 1.807) is 26.2 Å². The van der Waals surface area contributed by atoms with Crippen molar-refractivity contribution in [2.24, 2.45) is 0 Å². The molecule has 28 heavy (non-hydrogen) atoms. The highest BCUT2D eigenvalue weighted by molar-refractivity contribution is 7.90. The molecule has 1 atom stereocenters. The number of sulfonamides is 1. The molecule has 0 saturated heterocycles. The van der Waals surface area contributed by atoms with Crippen molar-refractivity contribution in [3.8, 4) is 5.75 Å². The van der Waals surface area contributed by atoms with Crippen LogP contribution >= 0.6 is 0 Å². The van der Waals surface area contributed by atoms with Crippen molar-refractivity contribution in [1.82, 2.24) is 4.72 Å². The van der Waals surface area contributed by atoms with Gasteiger partial charge in [-0.1, -0.05) is 30.3 Å². The topological polar surface area (TPSA) is 72.5 Å². The number of fused-ring (bicyclic) bond motifs is 1. The molecular weight excluding hydrogens is 374 g/mol. The lowest BCUT2D eigenvalue weighted by Gasteiger charge is -2.14. The molecular formula is C22H23NO4S. The summed E-state index contributed by atoms with van der Waals surface area (Å²) in [5, 5.41) is 1.94. The molecule has 5 nitrogen and oxygen atoms in total. The highest BCUT2D eigenvalue weighted by Gasteiger charge is 2.23. The number of carbonyl (C=O) groups is 1. The van der Waals surface area contributed by atoms with E-state index in [-0.39, 0.29) is 4.90 Å². The van der Waals surface area contributed by atoms with Gasteiger partial charge < -0.3 is 4.74 Å². The number of aryl methyl sites for hydroxylation is 2. The second-order valence-electron chi connectivity index (χ2n) is 6.91. The van der Waals surface area contributed by atoms with E-state index in [1.807, 2.05) is 50.2 Å². The van der Waals surface area contributed by atoms with Crippen molar-refractivity contribution >= 4 is 26.7 Å². The average molecular weight is 397 g/mol. The molecule has 0 fully saturated rings. The molecule has 3 aromatic rings. The van der Waals surface area contributed by atoms with Gasteiger partial charge in [0.15, 0.2) is 0 Å². The Kier molecular flexibility index (Phi) is 5.42. The third-order valence-electron chi connectivity index (χ3n) is 4.99. The zero-order chi connectivity index (χ0) is 20.5. The Hall–Kier alpha value is -2.86. The summed E-state index contributed by atoms with van der Waals surface area (Å²) in [5.74, 6) is -0.426. The maximum absolute atomic E-state index is 12.6. The van der Waals surface area contributed by atoms with Crippen molar-refractivity contribution in [3.63, 3.8) is 0 Å². The number of benzene rings is 3. The Morgan fingerprint density at radius 1 is 0.929 bits per heavy atom. The second kappa shape index (κ2) is 7.64. The van der Waals surface area contributed by atoms with Crippen LogP contribution in [0.15, 0.2) is 59.5 Å². The maximum atomic E-state index is 12.6. The molecule has 1 amide bonds. The molecule has 3 rings (SSSR count). The fraction of sp³-hybridized carbons (Fsp3) is 0.227. The first-order valence-electron chi connectivity index (χ1n) is 8.93. The summed E-state index contributed by atoms with van der Waals surface area (Å²) in [6, 6.07) is 16.1. The number of carbonyl (C=O) groups excluding carboxylic acids is 1. The summed E-state index contributed by atoms with van der Waals surface area (Å²) in [6.45, 7) is 5.43. The first kappa shape index (κ1) is 19.9. The van der Waals surface area contributed by atoms with Crippen LogP contribution in [0.25, 0.3) is 10.8 Å². The maximum Gasteiger partial charge on any atom is 0.264 e. The molecule has 146 valence electrons. The van der Waals surface area contributed by atoms with Crippen LogP contribution < -0.4 is 9.46 Å². The van der Waals surface area contributed by atoms with Crippen LogP contribution in [0.5, 0.6) is 5.75 Å². The van der Waals surface area contributed by atoms with Crippen LogP contribution in [0.3, 0.4) is 0 Å². The van der Waals surface area contributed by atoms with Gasteiger partial charge in [0.2, 0.25) is 5.91 Å². The molecule has 0 aliphatic carbocycles. The average Bonchev–Trinajstić information content (AvgIpc) is 2.68. The Balaban J connectivity index is 1.83. The molecule has 1 N–H and O–H groups in total. The molecule has 0 radical (unpaired) electrons. The van der Waals surface area contributed by atoms with Crippen molar-refractivity contribution in [3.05, 3.63) is 71.3 Å². The molecule has 0 heterocycles.